The number of carbonyl (C=O) groups excluding carboxylic acids is 1. The van der Waals surface area contributed by atoms with E-state index in [4.69, 9.17) is 11.6 Å². The SMILES string of the molecule is C=CCC(=O)Cc1ccccc1Cl. The molecule has 0 heterocycles. The van der Waals surface area contributed by atoms with Crippen LogP contribution >= 0.6 is 11.6 Å². The van der Waals surface area contributed by atoms with E-state index >= 15 is 0 Å². The van der Waals surface area contributed by atoms with E-state index < -0.39 is 0 Å². The molecule has 1 rings (SSSR count). The van der Waals surface area contributed by atoms with E-state index in [1.54, 1.807) is 12.1 Å². The van der Waals surface area contributed by atoms with Crippen molar-refractivity contribution < 1.29 is 4.79 Å². The lowest BCUT2D eigenvalue weighted by Crippen LogP contribution is -2.00. The largest absolute Gasteiger partial charge is 0.299 e. The minimum Gasteiger partial charge on any atom is -0.299 e. The molecule has 0 saturated carbocycles. The van der Waals surface area contributed by atoms with E-state index in [1.807, 2.05) is 18.2 Å². The standard InChI is InChI=1S/C11H11ClO/c1-2-5-10(13)8-9-6-3-4-7-11(9)12/h2-4,6-7H,1,5,8H2. The minimum absolute atomic E-state index is 0.142. The lowest BCUT2D eigenvalue weighted by atomic mass is 10.1. The first-order valence-electron chi connectivity index (χ1n) is 4.10. The summed E-state index contributed by atoms with van der Waals surface area (Å²) in [4.78, 5) is 11.2. The first-order valence-corrected chi connectivity index (χ1v) is 4.48. The number of benzene rings is 1. The third kappa shape index (κ3) is 3.03. The molecule has 0 bridgehead atoms. The van der Waals surface area contributed by atoms with E-state index in [1.165, 1.54) is 0 Å². The summed E-state index contributed by atoms with van der Waals surface area (Å²) < 4.78 is 0. The van der Waals surface area contributed by atoms with Crippen LogP contribution in [0.1, 0.15) is 12.0 Å². The minimum atomic E-state index is 0.142. The number of allylic oxidation sites excluding steroid dienone is 1. The van der Waals surface area contributed by atoms with Crippen LogP contribution in [0.3, 0.4) is 0 Å². The Kier molecular flexibility index (Phi) is 3.71. The molecule has 0 amide bonds. The van der Waals surface area contributed by atoms with E-state index in [2.05, 4.69) is 6.58 Å². The Bertz CT molecular complexity index is 318. The highest BCUT2D eigenvalue weighted by molar-refractivity contribution is 6.31. The van der Waals surface area contributed by atoms with Crippen LogP contribution in [0.15, 0.2) is 36.9 Å². The predicted octanol–water partition coefficient (Wildman–Crippen LogP) is 3.03. The fraction of sp³-hybridized carbons (Fsp3) is 0.182. The Morgan fingerprint density at radius 3 is 2.77 bits per heavy atom. The Morgan fingerprint density at radius 2 is 2.15 bits per heavy atom. The van der Waals surface area contributed by atoms with Gasteiger partial charge in [0.2, 0.25) is 0 Å². The summed E-state index contributed by atoms with van der Waals surface area (Å²) in [5.41, 5.74) is 0.885. The van der Waals surface area contributed by atoms with Crippen LogP contribution < -0.4 is 0 Å². The normalized spacial score (nSPS) is 9.62. The van der Waals surface area contributed by atoms with Gasteiger partial charge in [-0.05, 0) is 11.6 Å². The van der Waals surface area contributed by atoms with Gasteiger partial charge in [0.1, 0.15) is 5.78 Å². The number of rotatable bonds is 4. The van der Waals surface area contributed by atoms with Crippen LogP contribution in [0, 0.1) is 0 Å². The van der Waals surface area contributed by atoms with E-state index in [0.717, 1.165) is 5.56 Å². The van der Waals surface area contributed by atoms with Crippen molar-refractivity contribution in [2.45, 2.75) is 12.8 Å². The zero-order valence-electron chi connectivity index (χ0n) is 7.29. The summed E-state index contributed by atoms with van der Waals surface area (Å²) in [5.74, 6) is 0.142. The molecule has 13 heavy (non-hydrogen) atoms. The Morgan fingerprint density at radius 1 is 1.46 bits per heavy atom. The van der Waals surface area contributed by atoms with Crippen molar-refractivity contribution in [3.63, 3.8) is 0 Å². The highest BCUT2D eigenvalue weighted by Gasteiger charge is 2.04. The summed E-state index contributed by atoms with van der Waals surface area (Å²) in [7, 11) is 0. The predicted molar refractivity (Wildman–Crippen MR) is 55.0 cm³/mol. The second-order valence-electron chi connectivity index (χ2n) is 2.80. The Balaban J connectivity index is 2.68. The van der Waals surface area contributed by atoms with E-state index in [9.17, 15) is 4.79 Å². The molecule has 0 N–H and O–H groups in total. The molecule has 0 fully saturated rings. The van der Waals surface area contributed by atoms with Crippen molar-refractivity contribution >= 4 is 17.4 Å². The van der Waals surface area contributed by atoms with Gasteiger partial charge in [0, 0.05) is 17.9 Å². The topological polar surface area (TPSA) is 17.1 Å². The maximum absolute atomic E-state index is 11.2. The van der Waals surface area contributed by atoms with Gasteiger partial charge in [-0.25, -0.2) is 0 Å². The molecule has 2 heteroatoms. The summed E-state index contributed by atoms with van der Waals surface area (Å²) >= 11 is 5.89. The first-order chi connectivity index (χ1) is 6.24. The van der Waals surface area contributed by atoms with Crippen molar-refractivity contribution in [3.8, 4) is 0 Å². The average Bonchev–Trinajstić information content (AvgIpc) is 2.09. The van der Waals surface area contributed by atoms with Gasteiger partial charge in [-0.15, -0.1) is 6.58 Å². The third-order valence-corrected chi connectivity index (χ3v) is 2.09. The van der Waals surface area contributed by atoms with Crippen LogP contribution in [0.4, 0.5) is 0 Å². The van der Waals surface area contributed by atoms with Gasteiger partial charge in [-0.1, -0.05) is 35.9 Å². The lowest BCUT2D eigenvalue weighted by molar-refractivity contribution is -0.117. The van der Waals surface area contributed by atoms with Crippen molar-refractivity contribution in [1.82, 2.24) is 0 Å². The van der Waals surface area contributed by atoms with Gasteiger partial charge in [0.25, 0.3) is 0 Å². The third-order valence-electron chi connectivity index (χ3n) is 1.72. The van der Waals surface area contributed by atoms with Gasteiger partial charge in [-0.3, -0.25) is 4.79 Å². The van der Waals surface area contributed by atoms with Gasteiger partial charge in [0.15, 0.2) is 0 Å². The van der Waals surface area contributed by atoms with Crippen molar-refractivity contribution in [3.05, 3.63) is 47.5 Å². The molecule has 1 nitrogen and oxygen atoms in total. The smallest absolute Gasteiger partial charge is 0.141 e. The molecule has 0 unspecified atom stereocenters. The number of halogens is 1. The number of Topliss-reactive ketones (excluding diaryl/α,β-unsaturated/α-hetero) is 1. The highest BCUT2D eigenvalue weighted by atomic mass is 35.5. The van der Waals surface area contributed by atoms with Gasteiger partial charge in [0.05, 0.1) is 0 Å². The quantitative estimate of drug-likeness (QED) is 0.674. The van der Waals surface area contributed by atoms with Crippen molar-refractivity contribution in [2.75, 3.05) is 0 Å². The fourth-order valence-electron chi connectivity index (χ4n) is 1.09. The molecule has 1 aromatic rings. The second-order valence-corrected chi connectivity index (χ2v) is 3.21. The van der Waals surface area contributed by atoms with Gasteiger partial charge >= 0.3 is 0 Å². The molecule has 1 aromatic carbocycles. The number of ketones is 1. The first kappa shape index (κ1) is 10.0. The fourth-order valence-corrected chi connectivity index (χ4v) is 1.29. The molecule has 0 aliphatic carbocycles. The maximum Gasteiger partial charge on any atom is 0.141 e. The number of hydrogen-bond donors (Lipinski definition) is 0. The van der Waals surface area contributed by atoms with Gasteiger partial charge < -0.3 is 0 Å². The molecule has 68 valence electrons. The van der Waals surface area contributed by atoms with E-state index in [-0.39, 0.29) is 5.78 Å². The van der Waals surface area contributed by atoms with Crippen LogP contribution in [0.2, 0.25) is 5.02 Å². The van der Waals surface area contributed by atoms with E-state index in [0.29, 0.717) is 17.9 Å². The summed E-state index contributed by atoms with van der Waals surface area (Å²) in [6.07, 6.45) is 2.41. The van der Waals surface area contributed by atoms with Crippen LogP contribution in [-0.2, 0) is 11.2 Å². The van der Waals surface area contributed by atoms with Crippen molar-refractivity contribution in [1.29, 1.82) is 0 Å². The van der Waals surface area contributed by atoms with Crippen LogP contribution in [0.5, 0.6) is 0 Å². The monoisotopic (exact) mass is 194 g/mol. The van der Waals surface area contributed by atoms with Crippen LogP contribution in [0.25, 0.3) is 0 Å². The lowest BCUT2D eigenvalue weighted by Gasteiger charge is -2.00. The molecule has 0 aliphatic rings. The zero-order valence-corrected chi connectivity index (χ0v) is 8.05. The summed E-state index contributed by atoms with van der Waals surface area (Å²) in [6.45, 7) is 3.51. The summed E-state index contributed by atoms with van der Waals surface area (Å²) in [6, 6.07) is 7.38. The molecule has 0 saturated heterocycles. The molecule has 0 aliphatic heterocycles. The number of hydrogen-bond acceptors (Lipinski definition) is 1. The molecule has 0 atom stereocenters. The molecule has 0 spiro atoms. The maximum atomic E-state index is 11.2. The molecular weight excluding hydrogens is 184 g/mol. The van der Waals surface area contributed by atoms with Crippen LogP contribution in [-0.4, -0.2) is 5.78 Å². The van der Waals surface area contributed by atoms with Gasteiger partial charge in [-0.2, -0.15) is 0 Å². The Labute approximate surface area is 83.0 Å². The summed E-state index contributed by atoms with van der Waals surface area (Å²) in [5, 5.41) is 0.653. The number of carbonyl (C=O) groups is 1. The average molecular weight is 195 g/mol. The highest BCUT2D eigenvalue weighted by Crippen LogP contribution is 2.15. The zero-order chi connectivity index (χ0) is 9.68. The second kappa shape index (κ2) is 4.83. The molecular formula is C11H11ClO. The van der Waals surface area contributed by atoms with Crippen molar-refractivity contribution in [2.24, 2.45) is 0 Å². The molecule has 0 radical (unpaired) electrons. The molecule has 0 aromatic heterocycles. The Hall–Kier alpha value is -1.08.